The number of ether oxygens (including phenoxy) is 6. The van der Waals surface area contributed by atoms with Crippen molar-refractivity contribution < 1.29 is 33.2 Å². The third kappa shape index (κ3) is 7.02. The monoisotopic (exact) mass is 414 g/mol. The predicted octanol–water partition coefficient (Wildman–Crippen LogP) is 3.26. The van der Waals surface area contributed by atoms with Gasteiger partial charge in [-0.1, -0.05) is 0 Å². The van der Waals surface area contributed by atoms with E-state index in [2.05, 4.69) is 0 Å². The van der Waals surface area contributed by atoms with Crippen molar-refractivity contribution in [1.29, 1.82) is 0 Å². The van der Waals surface area contributed by atoms with Crippen LogP contribution in [0.1, 0.15) is 23.2 Å². The Balaban J connectivity index is 1.14. The van der Waals surface area contributed by atoms with Crippen LogP contribution in [0.15, 0.2) is 48.5 Å². The highest BCUT2D eigenvalue weighted by molar-refractivity contribution is 5.91. The second-order valence-electron chi connectivity index (χ2n) is 7.24. The Morgan fingerprint density at radius 1 is 0.767 bits per heavy atom. The molecule has 2 aromatic rings. The average molecular weight is 414 g/mol. The fourth-order valence-corrected chi connectivity index (χ4v) is 2.69. The topological polar surface area (TPSA) is 79.1 Å². The van der Waals surface area contributed by atoms with Crippen LogP contribution in [0, 0.1) is 0 Å². The van der Waals surface area contributed by atoms with Gasteiger partial charge in [-0.15, -0.1) is 0 Å². The van der Waals surface area contributed by atoms with Crippen LogP contribution in [-0.4, -0.2) is 57.8 Å². The Morgan fingerprint density at radius 3 is 2.03 bits per heavy atom. The molecule has 2 fully saturated rings. The number of benzene rings is 2. The highest BCUT2D eigenvalue weighted by atomic mass is 16.6. The first-order valence-corrected chi connectivity index (χ1v) is 10.2. The minimum Gasteiger partial charge on any atom is -0.494 e. The first-order chi connectivity index (χ1) is 14.8. The molecule has 2 aliphatic rings. The Morgan fingerprint density at radius 2 is 1.33 bits per heavy atom. The van der Waals surface area contributed by atoms with Gasteiger partial charge < -0.3 is 28.4 Å². The number of carbonyl (C=O) groups is 1. The molecular weight excluding hydrogens is 388 g/mol. The summed E-state index contributed by atoms with van der Waals surface area (Å²) in [7, 11) is 0. The largest absolute Gasteiger partial charge is 0.494 e. The summed E-state index contributed by atoms with van der Waals surface area (Å²) >= 11 is 0. The van der Waals surface area contributed by atoms with Gasteiger partial charge in [-0.3, -0.25) is 0 Å². The summed E-state index contributed by atoms with van der Waals surface area (Å²) in [5.74, 6) is 1.49. The van der Waals surface area contributed by atoms with Crippen molar-refractivity contribution in [1.82, 2.24) is 0 Å². The Bertz CT molecular complexity index is 795. The quantitative estimate of drug-likeness (QED) is 0.215. The molecule has 7 nitrogen and oxygen atoms in total. The highest BCUT2D eigenvalue weighted by Gasteiger charge is 2.23. The SMILES string of the molecule is O=C(Oc1ccc(OCCCCOCC2CO2)cc1)c1ccc(OCC2CO2)cc1. The molecule has 0 saturated carbocycles. The van der Waals surface area contributed by atoms with Crippen LogP contribution in [0.25, 0.3) is 0 Å². The lowest BCUT2D eigenvalue weighted by atomic mass is 10.2. The molecule has 2 heterocycles. The van der Waals surface area contributed by atoms with Gasteiger partial charge in [-0.05, 0) is 61.4 Å². The van der Waals surface area contributed by atoms with Crippen molar-refractivity contribution in [2.45, 2.75) is 25.0 Å². The standard InChI is InChI=1S/C23H26O7/c24-23(17-3-5-19(6-4-17)27-15-22-16-29-22)30-20-9-7-18(8-10-20)26-12-2-1-11-25-13-21-14-28-21/h3-10,21-22H,1-2,11-16H2. The van der Waals surface area contributed by atoms with E-state index in [1.807, 2.05) is 0 Å². The summed E-state index contributed by atoms with van der Waals surface area (Å²) in [4.78, 5) is 12.3. The Labute approximate surface area is 175 Å². The van der Waals surface area contributed by atoms with E-state index in [1.54, 1.807) is 48.5 Å². The van der Waals surface area contributed by atoms with Crippen molar-refractivity contribution in [3.8, 4) is 17.2 Å². The first-order valence-electron chi connectivity index (χ1n) is 10.2. The van der Waals surface area contributed by atoms with E-state index in [1.165, 1.54) is 0 Å². The Hall–Kier alpha value is -2.61. The molecule has 2 aromatic carbocycles. The van der Waals surface area contributed by atoms with E-state index < -0.39 is 5.97 Å². The van der Waals surface area contributed by atoms with Crippen molar-refractivity contribution in [3.05, 3.63) is 54.1 Å². The van der Waals surface area contributed by atoms with Crippen LogP contribution in [-0.2, 0) is 14.2 Å². The van der Waals surface area contributed by atoms with Crippen molar-refractivity contribution in [2.24, 2.45) is 0 Å². The van der Waals surface area contributed by atoms with E-state index in [9.17, 15) is 4.79 Å². The molecule has 0 radical (unpaired) electrons. The maximum atomic E-state index is 12.3. The normalized spacial score (nSPS) is 19.2. The first kappa shape index (κ1) is 20.7. The van der Waals surface area contributed by atoms with E-state index in [4.69, 9.17) is 28.4 Å². The molecule has 0 amide bonds. The van der Waals surface area contributed by atoms with Crippen molar-refractivity contribution in [3.63, 3.8) is 0 Å². The van der Waals surface area contributed by atoms with Gasteiger partial charge in [0, 0.05) is 6.61 Å². The summed E-state index contributed by atoms with van der Waals surface area (Å²) in [5.41, 5.74) is 0.459. The summed E-state index contributed by atoms with van der Waals surface area (Å²) in [6.45, 7) is 4.13. The molecule has 2 aliphatic heterocycles. The molecule has 2 saturated heterocycles. The third-order valence-corrected chi connectivity index (χ3v) is 4.62. The molecule has 0 bridgehead atoms. The maximum absolute atomic E-state index is 12.3. The fourth-order valence-electron chi connectivity index (χ4n) is 2.69. The van der Waals surface area contributed by atoms with Crippen molar-refractivity contribution in [2.75, 3.05) is 39.6 Å². The fraction of sp³-hybridized carbons (Fsp3) is 0.435. The van der Waals surface area contributed by atoms with Gasteiger partial charge in [0.25, 0.3) is 0 Å². The number of unbranched alkanes of at least 4 members (excludes halogenated alkanes) is 1. The van der Waals surface area contributed by atoms with Crippen LogP contribution in [0.4, 0.5) is 0 Å². The van der Waals surface area contributed by atoms with Gasteiger partial charge in [0.05, 0.1) is 32.0 Å². The average Bonchev–Trinajstić information content (AvgIpc) is 3.68. The number of rotatable bonds is 13. The van der Waals surface area contributed by atoms with Crippen LogP contribution in [0.5, 0.6) is 17.2 Å². The molecular formula is C23H26O7. The van der Waals surface area contributed by atoms with Crippen molar-refractivity contribution >= 4 is 5.97 Å². The minimum absolute atomic E-state index is 0.197. The zero-order valence-corrected chi connectivity index (χ0v) is 16.8. The number of epoxide rings is 2. The number of hydrogen-bond acceptors (Lipinski definition) is 7. The second kappa shape index (κ2) is 10.4. The summed E-state index contributed by atoms with van der Waals surface area (Å²) in [5, 5.41) is 0. The lowest BCUT2D eigenvalue weighted by Gasteiger charge is -2.09. The van der Waals surface area contributed by atoms with E-state index >= 15 is 0 Å². The van der Waals surface area contributed by atoms with Crippen LogP contribution in [0.2, 0.25) is 0 Å². The Kier molecular flexibility index (Phi) is 7.18. The lowest BCUT2D eigenvalue weighted by Crippen LogP contribution is -2.09. The smallest absolute Gasteiger partial charge is 0.343 e. The predicted molar refractivity (Wildman–Crippen MR) is 108 cm³/mol. The lowest BCUT2D eigenvalue weighted by molar-refractivity contribution is 0.0734. The van der Waals surface area contributed by atoms with Gasteiger partial charge in [0.2, 0.25) is 0 Å². The summed E-state index contributed by atoms with van der Waals surface area (Å²) in [6.07, 6.45) is 2.37. The van der Waals surface area contributed by atoms with Crippen LogP contribution >= 0.6 is 0 Å². The molecule has 2 unspecified atom stereocenters. The molecule has 0 spiro atoms. The molecule has 7 heteroatoms. The molecule has 0 aliphatic carbocycles. The van der Waals surface area contributed by atoms with Gasteiger partial charge in [-0.25, -0.2) is 4.79 Å². The third-order valence-electron chi connectivity index (χ3n) is 4.62. The summed E-state index contributed by atoms with van der Waals surface area (Å²) < 4.78 is 32.4. The van der Waals surface area contributed by atoms with Gasteiger partial charge in [0.15, 0.2) is 0 Å². The molecule has 160 valence electrons. The zero-order chi connectivity index (χ0) is 20.6. The van der Waals surface area contributed by atoms with Crippen LogP contribution in [0.3, 0.4) is 0 Å². The highest BCUT2D eigenvalue weighted by Crippen LogP contribution is 2.20. The molecule has 0 N–H and O–H groups in total. The number of carbonyl (C=O) groups excluding carboxylic acids is 1. The van der Waals surface area contributed by atoms with E-state index in [0.717, 1.165) is 38.4 Å². The van der Waals surface area contributed by atoms with Crippen LogP contribution < -0.4 is 14.2 Å². The second-order valence-corrected chi connectivity index (χ2v) is 7.24. The zero-order valence-electron chi connectivity index (χ0n) is 16.8. The molecule has 30 heavy (non-hydrogen) atoms. The minimum atomic E-state index is -0.419. The molecule has 0 aromatic heterocycles. The number of hydrogen-bond donors (Lipinski definition) is 0. The van der Waals surface area contributed by atoms with Gasteiger partial charge in [0.1, 0.15) is 36.1 Å². The number of esters is 1. The molecule has 2 atom stereocenters. The maximum Gasteiger partial charge on any atom is 0.343 e. The summed E-state index contributed by atoms with van der Waals surface area (Å²) in [6, 6.07) is 13.9. The van der Waals surface area contributed by atoms with E-state index in [-0.39, 0.29) is 6.10 Å². The van der Waals surface area contributed by atoms with Gasteiger partial charge >= 0.3 is 5.97 Å². The van der Waals surface area contributed by atoms with E-state index in [0.29, 0.717) is 43.0 Å². The molecule has 4 rings (SSSR count). The van der Waals surface area contributed by atoms with Gasteiger partial charge in [-0.2, -0.15) is 0 Å².